The van der Waals surface area contributed by atoms with E-state index >= 15 is 0 Å². The molecule has 3 saturated heterocycles. The fourth-order valence-corrected chi connectivity index (χ4v) is 6.17. The molecule has 0 radical (unpaired) electrons. The van der Waals surface area contributed by atoms with Gasteiger partial charge in [-0.2, -0.15) is 0 Å². The molecule has 0 unspecified atom stereocenters. The van der Waals surface area contributed by atoms with E-state index in [-0.39, 0.29) is 75.0 Å². The summed E-state index contributed by atoms with van der Waals surface area (Å²) in [4.78, 5) is 26.6. The van der Waals surface area contributed by atoms with Crippen molar-refractivity contribution in [3.05, 3.63) is 0 Å². The van der Waals surface area contributed by atoms with E-state index in [1.165, 1.54) is 0 Å². The summed E-state index contributed by atoms with van der Waals surface area (Å²) in [5.74, 6) is -0.608. The van der Waals surface area contributed by atoms with Gasteiger partial charge in [0.05, 0.1) is 49.5 Å². The van der Waals surface area contributed by atoms with E-state index in [0.29, 0.717) is 38.5 Å². The van der Waals surface area contributed by atoms with Gasteiger partial charge in [0.15, 0.2) is 0 Å². The van der Waals surface area contributed by atoms with Crippen LogP contribution in [0.1, 0.15) is 92.9 Å². The largest absolute Gasteiger partial charge is 0.462 e. The van der Waals surface area contributed by atoms with Gasteiger partial charge >= 0.3 is 11.9 Å². The second-order valence-corrected chi connectivity index (χ2v) is 12.7. The van der Waals surface area contributed by atoms with Crippen molar-refractivity contribution in [1.82, 2.24) is 0 Å². The summed E-state index contributed by atoms with van der Waals surface area (Å²) in [6.07, 6.45) is 1.27. The summed E-state index contributed by atoms with van der Waals surface area (Å²) in [7, 11) is 3.18. The van der Waals surface area contributed by atoms with E-state index in [1.807, 2.05) is 41.5 Å². The summed E-state index contributed by atoms with van der Waals surface area (Å²) in [6, 6.07) is 0. The standard InChI is InChI=1S/C30H52O10/c1-9-19-11-21-13-23(35-17-33-7)29(3,4)26(37-21)16-28(32)40-20(10-2)12-22-14-24(36-18-34-8)30(5,6)25(38-22)15-27(31)39-19/h19-26H,9-18H2,1-8H3/t19-,20-,21-,22-,23+,24+,25+,26+/m1/s1. The van der Waals surface area contributed by atoms with Gasteiger partial charge in [-0.05, 0) is 12.8 Å². The van der Waals surface area contributed by atoms with Gasteiger partial charge in [-0.25, -0.2) is 0 Å². The molecule has 0 aliphatic carbocycles. The van der Waals surface area contributed by atoms with Crippen molar-refractivity contribution in [1.29, 1.82) is 0 Å². The van der Waals surface area contributed by atoms with E-state index in [1.54, 1.807) is 14.2 Å². The molecular formula is C30H52O10. The number of esters is 2. The quantitative estimate of drug-likeness (QED) is 0.304. The third-order valence-corrected chi connectivity index (χ3v) is 9.02. The molecule has 10 nitrogen and oxygen atoms in total. The summed E-state index contributed by atoms with van der Waals surface area (Å²) < 4.78 is 47.5. The first-order chi connectivity index (χ1) is 18.9. The number of methoxy groups -OCH3 is 2. The van der Waals surface area contributed by atoms with E-state index in [0.717, 1.165) is 0 Å². The molecule has 3 aliphatic heterocycles. The van der Waals surface area contributed by atoms with Crippen LogP contribution < -0.4 is 0 Å². The van der Waals surface area contributed by atoms with Crippen LogP contribution in [-0.4, -0.2) is 88.6 Å². The number of rotatable bonds is 8. The lowest BCUT2D eigenvalue weighted by atomic mass is 9.74. The van der Waals surface area contributed by atoms with Crippen molar-refractivity contribution in [2.45, 2.75) is 142 Å². The molecular weight excluding hydrogens is 520 g/mol. The first-order valence-corrected chi connectivity index (χ1v) is 14.8. The molecule has 40 heavy (non-hydrogen) atoms. The summed E-state index contributed by atoms with van der Waals surface area (Å²) >= 11 is 0. The molecule has 10 heteroatoms. The topological polar surface area (TPSA) is 108 Å². The Morgan fingerprint density at radius 2 is 1.05 bits per heavy atom. The zero-order chi connectivity index (χ0) is 29.5. The Kier molecular flexibility index (Phi) is 12.2. The van der Waals surface area contributed by atoms with E-state index in [4.69, 9.17) is 37.9 Å². The van der Waals surface area contributed by atoms with Crippen LogP contribution in [0.3, 0.4) is 0 Å². The highest BCUT2D eigenvalue weighted by Crippen LogP contribution is 2.43. The van der Waals surface area contributed by atoms with Gasteiger partial charge in [0.1, 0.15) is 25.8 Å². The summed E-state index contributed by atoms with van der Waals surface area (Å²) in [5, 5.41) is 0. The summed E-state index contributed by atoms with van der Waals surface area (Å²) in [6.45, 7) is 12.5. The number of carbonyl (C=O) groups excluding carboxylic acids is 2. The second-order valence-electron chi connectivity index (χ2n) is 12.7. The fourth-order valence-electron chi connectivity index (χ4n) is 6.17. The number of ether oxygens (including phenoxy) is 8. The Bertz CT molecular complexity index is 748. The van der Waals surface area contributed by atoms with Crippen LogP contribution in [0.4, 0.5) is 0 Å². The van der Waals surface area contributed by atoms with Crippen molar-refractivity contribution in [3.63, 3.8) is 0 Å². The molecule has 0 spiro atoms. The maximum absolute atomic E-state index is 13.3. The van der Waals surface area contributed by atoms with Gasteiger partial charge in [0.25, 0.3) is 0 Å². The smallest absolute Gasteiger partial charge is 0.308 e. The van der Waals surface area contributed by atoms with Gasteiger partial charge in [-0.3, -0.25) is 9.59 Å². The zero-order valence-electron chi connectivity index (χ0n) is 25.8. The maximum Gasteiger partial charge on any atom is 0.308 e. The third kappa shape index (κ3) is 8.38. The lowest BCUT2D eigenvalue weighted by molar-refractivity contribution is -0.227. The van der Waals surface area contributed by atoms with Gasteiger partial charge in [-0.15, -0.1) is 0 Å². The van der Waals surface area contributed by atoms with Crippen LogP contribution in [0.2, 0.25) is 0 Å². The molecule has 0 aromatic carbocycles. The number of hydrogen-bond acceptors (Lipinski definition) is 10. The molecule has 0 aromatic rings. The van der Waals surface area contributed by atoms with E-state index in [2.05, 4.69) is 0 Å². The number of fused-ring (bicyclic) bond motifs is 4. The van der Waals surface area contributed by atoms with Crippen LogP contribution >= 0.6 is 0 Å². The van der Waals surface area contributed by atoms with Crippen LogP contribution in [0.25, 0.3) is 0 Å². The minimum atomic E-state index is -0.462. The predicted molar refractivity (Wildman–Crippen MR) is 146 cm³/mol. The normalized spacial score (nSPS) is 36.9. The second kappa shape index (κ2) is 14.7. The molecule has 3 aliphatic rings. The Morgan fingerprint density at radius 1 is 0.675 bits per heavy atom. The maximum atomic E-state index is 13.3. The first-order valence-electron chi connectivity index (χ1n) is 14.8. The zero-order valence-corrected chi connectivity index (χ0v) is 25.8. The van der Waals surface area contributed by atoms with Crippen molar-refractivity contribution in [2.75, 3.05) is 27.8 Å². The molecule has 0 N–H and O–H groups in total. The van der Waals surface area contributed by atoms with Gasteiger partial charge in [-0.1, -0.05) is 41.5 Å². The van der Waals surface area contributed by atoms with Crippen LogP contribution in [0.5, 0.6) is 0 Å². The number of hydrogen-bond donors (Lipinski definition) is 0. The Hall–Kier alpha value is -1.30. The van der Waals surface area contributed by atoms with Crippen molar-refractivity contribution in [2.24, 2.45) is 10.8 Å². The first kappa shape index (κ1) is 33.2. The van der Waals surface area contributed by atoms with Gasteiger partial charge in [0, 0.05) is 50.7 Å². The van der Waals surface area contributed by atoms with E-state index < -0.39 is 23.0 Å². The lowest BCUT2D eigenvalue weighted by Crippen LogP contribution is -2.54. The monoisotopic (exact) mass is 572 g/mol. The van der Waals surface area contributed by atoms with Crippen molar-refractivity contribution < 1.29 is 47.5 Å². The molecule has 3 rings (SSSR count). The molecule has 0 amide bonds. The van der Waals surface area contributed by atoms with Crippen LogP contribution in [0.15, 0.2) is 0 Å². The highest BCUT2D eigenvalue weighted by Gasteiger charge is 2.49. The number of carbonyl (C=O) groups is 2. The Labute approximate surface area is 240 Å². The molecule has 0 aromatic heterocycles. The van der Waals surface area contributed by atoms with Crippen LogP contribution in [-0.2, 0) is 47.5 Å². The van der Waals surface area contributed by atoms with E-state index in [9.17, 15) is 9.59 Å². The number of cyclic esters (lactones) is 2. The Morgan fingerprint density at radius 3 is 1.38 bits per heavy atom. The molecule has 3 fully saturated rings. The average Bonchev–Trinajstić information content (AvgIpc) is 2.89. The highest BCUT2D eigenvalue weighted by molar-refractivity contribution is 5.71. The molecule has 8 atom stereocenters. The van der Waals surface area contributed by atoms with Gasteiger partial charge in [0.2, 0.25) is 0 Å². The lowest BCUT2D eigenvalue weighted by Gasteiger charge is -2.48. The molecule has 0 saturated carbocycles. The third-order valence-electron chi connectivity index (χ3n) is 9.02. The predicted octanol–water partition coefficient (Wildman–Crippen LogP) is 4.55. The minimum absolute atomic E-state index is 0.101. The highest BCUT2D eigenvalue weighted by atomic mass is 16.7. The minimum Gasteiger partial charge on any atom is -0.462 e. The van der Waals surface area contributed by atoms with Gasteiger partial charge < -0.3 is 37.9 Å². The summed E-state index contributed by atoms with van der Waals surface area (Å²) in [5.41, 5.74) is -0.923. The molecule has 3 heterocycles. The van der Waals surface area contributed by atoms with Crippen molar-refractivity contribution in [3.8, 4) is 0 Å². The van der Waals surface area contributed by atoms with Crippen molar-refractivity contribution >= 4 is 11.9 Å². The fraction of sp³-hybridized carbons (Fsp3) is 0.933. The Balaban J connectivity index is 1.89. The SMILES string of the molecule is CC[C@@H]1C[C@@H]2C[C@H](OCOC)C(C)(C)[C@H](CC(=O)O[C@H](CC)C[C@@H]3C[C@H](OCOC)C(C)(C)[C@H](CC(=O)O1)O3)O2. The molecule has 4 bridgehead atoms. The molecule has 232 valence electrons. The van der Waals surface area contributed by atoms with Crippen LogP contribution in [0, 0.1) is 10.8 Å². The average molecular weight is 573 g/mol.